The Morgan fingerprint density at radius 2 is 2.12 bits per heavy atom. The molecular weight excluding hydrogens is 259 g/mol. The number of thiophene rings is 1. The van der Waals surface area contributed by atoms with Crippen LogP contribution in [0.2, 0.25) is 5.02 Å². The number of aryl methyl sites for hydroxylation is 1. The van der Waals surface area contributed by atoms with E-state index in [1.54, 1.807) is 6.07 Å². The lowest BCUT2D eigenvalue weighted by Crippen LogP contribution is -2.00. The van der Waals surface area contributed by atoms with Gasteiger partial charge >= 0.3 is 0 Å². The van der Waals surface area contributed by atoms with Crippen LogP contribution in [0.3, 0.4) is 0 Å². The van der Waals surface area contributed by atoms with Crippen LogP contribution in [0.15, 0.2) is 30.3 Å². The van der Waals surface area contributed by atoms with E-state index in [1.165, 1.54) is 28.3 Å². The molecule has 4 heteroatoms. The van der Waals surface area contributed by atoms with Crippen LogP contribution in [0.5, 0.6) is 0 Å². The minimum absolute atomic E-state index is 0.263. The predicted octanol–water partition coefficient (Wildman–Crippen LogP) is 4.18. The lowest BCUT2D eigenvalue weighted by atomic mass is 10.1. The Hall–Kier alpha value is -0.900. The molecule has 1 N–H and O–H groups in total. The van der Waals surface area contributed by atoms with Crippen LogP contribution in [0.25, 0.3) is 0 Å². The highest BCUT2D eigenvalue weighted by atomic mass is 35.5. The van der Waals surface area contributed by atoms with Gasteiger partial charge in [0.2, 0.25) is 0 Å². The van der Waals surface area contributed by atoms with Crippen LogP contribution in [0.4, 0.5) is 4.39 Å². The number of halogens is 2. The largest absolute Gasteiger partial charge is 0.383 e. The Bertz CT molecular complexity index is 524. The highest BCUT2D eigenvalue weighted by Gasteiger charge is 2.16. The van der Waals surface area contributed by atoms with Gasteiger partial charge in [0.05, 0.1) is 0 Å². The van der Waals surface area contributed by atoms with Gasteiger partial charge < -0.3 is 5.11 Å². The van der Waals surface area contributed by atoms with Gasteiger partial charge in [-0.1, -0.05) is 24.6 Å². The number of aliphatic hydroxyl groups excluding tert-OH is 1. The van der Waals surface area contributed by atoms with Crippen molar-refractivity contribution < 1.29 is 9.50 Å². The van der Waals surface area contributed by atoms with E-state index in [1.807, 2.05) is 19.1 Å². The summed E-state index contributed by atoms with van der Waals surface area (Å²) in [5.41, 5.74) is 0.263. The SMILES string of the molecule is CCc1ccc(C(O)c2ccc(Cl)cc2F)s1. The third-order valence-corrected chi connectivity index (χ3v) is 4.07. The molecule has 0 fully saturated rings. The smallest absolute Gasteiger partial charge is 0.130 e. The zero-order valence-electron chi connectivity index (χ0n) is 9.28. The Balaban J connectivity index is 2.33. The Labute approximate surface area is 108 Å². The van der Waals surface area contributed by atoms with Gasteiger partial charge in [-0.15, -0.1) is 11.3 Å². The topological polar surface area (TPSA) is 20.2 Å². The molecule has 1 aromatic carbocycles. The van der Waals surface area contributed by atoms with Crippen molar-refractivity contribution >= 4 is 22.9 Å². The normalized spacial score (nSPS) is 12.7. The van der Waals surface area contributed by atoms with Crippen LogP contribution in [-0.4, -0.2) is 5.11 Å². The first-order valence-electron chi connectivity index (χ1n) is 5.33. The molecule has 0 aliphatic heterocycles. The molecule has 17 heavy (non-hydrogen) atoms. The molecular formula is C13H12ClFOS. The number of hydrogen-bond acceptors (Lipinski definition) is 2. The second kappa shape index (κ2) is 5.17. The highest BCUT2D eigenvalue weighted by Crippen LogP contribution is 2.30. The Morgan fingerprint density at radius 1 is 1.35 bits per heavy atom. The van der Waals surface area contributed by atoms with Crippen molar-refractivity contribution in [1.29, 1.82) is 0 Å². The molecule has 0 saturated heterocycles. The molecule has 0 amide bonds. The molecule has 0 aliphatic rings. The maximum absolute atomic E-state index is 13.6. The number of hydrogen-bond donors (Lipinski definition) is 1. The van der Waals surface area contributed by atoms with E-state index >= 15 is 0 Å². The molecule has 1 aromatic heterocycles. The molecule has 90 valence electrons. The van der Waals surface area contributed by atoms with Crippen LogP contribution < -0.4 is 0 Å². The van der Waals surface area contributed by atoms with Gasteiger partial charge in [-0.25, -0.2) is 4.39 Å². The summed E-state index contributed by atoms with van der Waals surface area (Å²) in [4.78, 5) is 1.93. The Morgan fingerprint density at radius 3 is 2.71 bits per heavy atom. The summed E-state index contributed by atoms with van der Waals surface area (Å²) < 4.78 is 13.6. The number of rotatable bonds is 3. The van der Waals surface area contributed by atoms with E-state index in [0.29, 0.717) is 5.02 Å². The zero-order valence-corrected chi connectivity index (χ0v) is 10.9. The molecule has 0 saturated carbocycles. The van der Waals surface area contributed by atoms with E-state index in [9.17, 15) is 9.50 Å². The minimum atomic E-state index is -0.919. The average Bonchev–Trinajstić information content (AvgIpc) is 2.76. The summed E-state index contributed by atoms with van der Waals surface area (Å²) in [5.74, 6) is -0.476. The minimum Gasteiger partial charge on any atom is -0.383 e. The molecule has 0 bridgehead atoms. The molecule has 0 spiro atoms. The fraction of sp³-hybridized carbons (Fsp3) is 0.231. The van der Waals surface area contributed by atoms with E-state index in [4.69, 9.17) is 11.6 Å². The molecule has 1 unspecified atom stereocenters. The molecule has 1 heterocycles. The average molecular weight is 271 g/mol. The van der Waals surface area contributed by atoms with E-state index in [2.05, 4.69) is 0 Å². The first-order chi connectivity index (χ1) is 8.11. The van der Waals surface area contributed by atoms with Gasteiger partial charge in [-0.3, -0.25) is 0 Å². The summed E-state index contributed by atoms with van der Waals surface area (Å²) in [7, 11) is 0. The van der Waals surface area contributed by atoms with Crippen LogP contribution >= 0.6 is 22.9 Å². The van der Waals surface area contributed by atoms with Crippen molar-refractivity contribution in [3.05, 3.63) is 56.5 Å². The molecule has 0 radical (unpaired) electrons. The summed E-state index contributed by atoms with van der Waals surface area (Å²) in [6.45, 7) is 2.05. The van der Waals surface area contributed by atoms with Gasteiger partial charge in [0.15, 0.2) is 0 Å². The standard InChI is InChI=1S/C13H12ClFOS/c1-2-9-4-6-12(17-9)13(16)10-5-3-8(14)7-11(10)15/h3-7,13,16H,2H2,1H3. The predicted molar refractivity (Wildman–Crippen MR) is 69.2 cm³/mol. The zero-order chi connectivity index (χ0) is 12.4. The lowest BCUT2D eigenvalue weighted by molar-refractivity contribution is 0.219. The van der Waals surface area contributed by atoms with Crippen molar-refractivity contribution in [2.24, 2.45) is 0 Å². The maximum atomic E-state index is 13.6. The number of aliphatic hydroxyl groups is 1. The molecule has 2 rings (SSSR count). The van der Waals surface area contributed by atoms with Crippen molar-refractivity contribution in [3.63, 3.8) is 0 Å². The number of benzene rings is 1. The first kappa shape index (κ1) is 12.6. The van der Waals surface area contributed by atoms with Gasteiger partial charge in [-0.2, -0.15) is 0 Å². The highest BCUT2D eigenvalue weighted by molar-refractivity contribution is 7.12. The van der Waals surface area contributed by atoms with Crippen LogP contribution in [0.1, 0.15) is 28.3 Å². The van der Waals surface area contributed by atoms with E-state index < -0.39 is 11.9 Å². The third kappa shape index (κ3) is 2.68. The molecule has 0 aliphatic carbocycles. The van der Waals surface area contributed by atoms with E-state index in [-0.39, 0.29) is 5.56 Å². The summed E-state index contributed by atoms with van der Waals surface area (Å²) in [6.07, 6.45) is -0.00177. The van der Waals surface area contributed by atoms with E-state index in [0.717, 1.165) is 11.3 Å². The van der Waals surface area contributed by atoms with Crippen molar-refractivity contribution in [2.75, 3.05) is 0 Å². The molecule has 1 nitrogen and oxygen atoms in total. The second-order valence-corrected chi connectivity index (χ2v) is 5.36. The first-order valence-corrected chi connectivity index (χ1v) is 6.53. The Kier molecular flexibility index (Phi) is 3.82. The monoisotopic (exact) mass is 270 g/mol. The maximum Gasteiger partial charge on any atom is 0.130 e. The second-order valence-electron chi connectivity index (χ2n) is 3.73. The van der Waals surface area contributed by atoms with Crippen molar-refractivity contribution in [1.82, 2.24) is 0 Å². The fourth-order valence-electron chi connectivity index (χ4n) is 1.61. The van der Waals surface area contributed by atoms with Crippen LogP contribution in [-0.2, 0) is 6.42 Å². The van der Waals surface area contributed by atoms with Gasteiger partial charge in [-0.05, 0) is 30.7 Å². The summed E-state index contributed by atoms with van der Waals surface area (Å²) >= 11 is 7.17. The quantitative estimate of drug-likeness (QED) is 0.887. The summed E-state index contributed by atoms with van der Waals surface area (Å²) in [6, 6.07) is 8.11. The van der Waals surface area contributed by atoms with Crippen LogP contribution in [0, 0.1) is 5.82 Å². The van der Waals surface area contributed by atoms with Gasteiger partial charge in [0.25, 0.3) is 0 Å². The van der Waals surface area contributed by atoms with Gasteiger partial charge in [0, 0.05) is 20.3 Å². The fourth-order valence-corrected chi connectivity index (χ4v) is 2.72. The molecule has 1 atom stereocenters. The summed E-state index contributed by atoms with van der Waals surface area (Å²) in [5, 5.41) is 10.4. The van der Waals surface area contributed by atoms with Gasteiger partial charge in [0.1, 0.15) is 11.9 Å². The van der Waals surface area contributed by atoms with Crippen molar-refractivity contribution in [3.8, 4) is 0 Å². The lowest BCUT2D eigenvalue weighted by Gasteiger charge is -2.10. The van der Waals surface area contributed by atoms with Crippen molar-refractivity contribution in [2.45, 2.75) is 19.4 Å². The molecule has 2 aromatic rings. The third-order valence-electron chi connectivity index (χ3n) is 2.56.